The van der Waals surface area contributed by atoms with Gasteiger partial charge in [0.15, 0.2) is 0 Å². The summed E-state index contributed by atoms with van der Waals surface area (Å²) in [5.74, 6) is 0.575. The zero-order chi connectivity index (χ0) is 9.10. The van der Waals surface area contributed by atoms with Gasteiger partial charge in [0.1, 0.15) is 11.9 Å². The molecule has 1 heterocycles. The maximum absolute atomic E-state index is 9.79. The van der Waals surface area contributed by atoms with E-state index in [1.807, 2.05) is 30.3 Å². The van der Waals surface area contributed by atoms with E-state index in [1.165, 1.54) is 0 Å². The third-order valence-corrected chi connectivity index (χ3v) is 1.93. The lowest BCUT2D eigenvalue weighted by Gasteiger charge is -2.06. The Hall–Kier alpha value is -1.54. The number of aliphatic hydroxyl groups excluding tert-OH is 1. The lowest BCUT2D eigenvalue weighted by Crippen LogP contribution is -1.96. The molecule has 0 radical (unpaired) electrons. The van der Waals surface area contributed by atoms with Gasteiger partial charge < -0.3 is 9.52 Å². The molecule has 0 bridgehead atoms. The van der Waals surface area contributed by atoms with Crippen LogP contribution in [0.4, 0.5) is 0 Å². The molecule has 2 nitrogen and oxygen atoms in total. The van der Waals surface area contributed by atoms with Crippen LogP contribution in [-0.4, -0.2) is 5.11 Å². The van der Waals surface area contributed by atoms with Crippen molar-refractivity contribution in [3.05, 3.63) is 60.1 Å². The first-order valence-electron chi connectivity index (χ1n) is 4.14. The van der Waals surface area contributed by atoms with E-state index in [2.05, 4.69) is 0 Å². The molecule has 0 amide bonds. The number of aliphatic hydroxyl groups is 1. The summed E-state index contributed by atoms with van der Waals surface area (Å²) in [6.45, 7) is 0. The highest BCUT2D eigenvalue weighted by Crippen LogP contribution is 2.21. The van der Waals surface area contributed by atoms with Gasteiger partial charge in [0.05, 0.1) is 6.26 Å². The number of furan rings is 1. The van der Waals surface area contributed by atoms with Crippen molar-refractivity contribution >= 4 is 0 Å². The number of hydrogen-bond acceptors (Lipinski definition) is 2. The van der Waals surface area contributed by atoms with E-state index in [0.29, 0.717) is 5.76 Å². The van der Waals surface area contributed by atoms with Crippen LogP contribution in [-0.2, 0) is 0 Å². The number of hydrogen-bond donors (Lipinski definition) is 1. The second-order valence-electron chi connectivity index (χ2n) is 2.83. The molecule has 0 saturated carbocycles. The molecular formula is C11H10O2. The first-order chi connectivity index (χ1) is 6.38. The molecule has 0 aliphatic carbocycles. The smallest absolute Gasteiger partial charge is 0.137 e. The second kappa shape index (κ2) is 3.46. The second-order valence-corrected chi connectivity index (χ2v) is 2.83. The molecule has 0 saturated heterocycles. The summed E-state index contributed by atoms with van der Waals surface area (Å²) < 4.78 is 5.10. The fraction of sp³-hybridized carbons (Fsp3) is 0.0909. The van der Waals surface area contributed by atoms with Crippen molar-refractivity contribution in [2.75, 3.05) is 0 Å². The van der Waals surface area contributed by atoms with Crippen LogP contribution in [0.2, 0.25) is 0 Å². The molecule has 0 fully saturated rings. The van der Waals surface area contributed by atoms with E-state index in [9.17, 15) is 5.11 Å². The van der Waals surface area contributed by atoms with Gasteiger partial charge in [-0.2, -0.15) is 0 Å². The highest BCUT2D eigenvalue weighted by Gasteiger charge is 2.11. The summed E-state index contributed by atoms with van der Waals surface area (Å²) in [6, 6.07) is 13.0. The Morgan fingerprint density at radius 3 is 2.38 bits per heavy atom. The maximum Gasteiger partial charge on any atom is 0.137 e. The molecule has 0 aliphatic heterocycles. The molecule has 66 valence electrons. The first-order valence-corrected chi connectivity index (χ1v) is 4.14. The Morgan fingerprint density at radius 1 is 1.00 bits per heavy atom. The van der Waals surface area contributed by atoms with Gasteiger partial charge >= 0.3 is 0 Å². The van der Waals surface area contributed by atoms with Crippen LogP contribution in [0.1, 0.15) is 17.4 Å². The first kappa shape index (κ1) is 8.08. The fourth-order valence-electron chi connectivity index (χ4n) is 1.25. The van der Waals surface area contributed by atoms with Crippen LogP contribution in [0.15, 0.2) is 53.1 Å². The summed E-state index contributed by atoms with van der Waals surface area (Å²) in [7, 11) is 0. The molecule has 13 heavy (non-hydrogen) atoms. The summed E-state index contributed by atoms with van der Waals surface area (Å²) in [4.78, 5) is 0. The van der Waals surface area contributed by atoms with Gasteiger partial charge in [-0.15, -0.1) is 0 Å². The van der Waals surface area contributed by atoms with Crippen LogP contribution in [0.3, 0.4) is 0 Å². The predicted molar refractivity (Wildman–Crippen MR) is 49.2 cm³/mol. The van der Waals surface area contributed by atoms with Crippen molar-refractivity contribution in [3.8, 4) is 0 Å². The average Bonchev–Trinajstić information content (AvgIpc) is 2.71. The van der Waals surface area contributed by atoms with Gasteiger partial charge in [0, 0.05) is 0 Å². The molecule has 1 aromatic carbocycles. The van der Waals surface area contributed by atoms with E-state index in [4.69, 9.17) is 4.42 Å². The zero-order valence-electron chi connectivity index (χ0n) is 7.05. The van der Waals surface area contributed by atoms with Crippen LogP contribution in [0, 0.1) is 0 Å². The molecule has 2 heteroatoms. The molecule has 0 unspecified atom stereocenters. The van der Waals surface area contributed by atoms with Gasteiger partial charge in [-0.05, 0) is 17.7 Å². The minimum absolute atomic E-state index is 0.575. The van der Waals surface area contributed by atoms with Crippen molar-refractivity contribution in [2.45, 2.75) is 6.10 Å². The molecule has 0 spiro atoms. The van der Waals surface area contributed by atoms with Gasteiger partial charge in [-0.25, -0.2) is 0 Å². The third kappa shape index (κ3) is 1.63. The van der Waals surface area contributed by atoms with Gasteiger partial charge in [0.2, 0.25) is 0 Å². The van der Waals surface area contributed by atoms with Crippen LogP contribution in [0.5, 0.6) is 0 Å². The van der Waals surface area contributed by atoms with Gasteiger partial charge in [-0.1, -0.05) is 30.3 Å². The fourth-order valence-corrected chi connectivity index (χ4v) is 1.25. The molecule has 1 atom stereocenters. The number of benzene rings is 1. The minimum Gasteiger partial charge on any atom is -0.466 e. The largest absolute Gasteiger partial charge is 0.466 e. The molecule has 1 aromatic heterocycles. The van der Waals surface area contributed by atoms with Gasteiger partial charge in [0.25, 0.3) is 0 Å². The average molecular weight is 174 g/mol. The third-order valence-electron chi connectivity index (χ3n) is 1.93. The Kier molecular flexibility index (Phi) is 2.15. The van der Waals surface area contributed by atoms with Crippen molar-refractivity contribution in [1.29, 1.82) is 0 Å². The lowest BCUT2D eigenvalue weighted by atomic mass is 10.1. The number of rotatable bonds is 2. The summed E-state index contributed by atoms with van der Waals surface area (Å²) in [5, 5.41) is 9.79. The summed E-state index contributed by atoms with van der Waals surface area (Å²) in [6.07, 6.45) is 0.901. The Morgan fingerprint density at radius 2 is 1.77 bits per heavy atom. The maximum atomic E-state index is 9.79. The van der Waals surface area contributed by atoms with Crippen LogP contribution < -0.4 is 0 Å². The highest BCUT2D eigenvalue weighted by molar-refractivity contribution is 5.23. The molecular weight excluding hydrogens is 164 g/mol. The quantitative estimate of drug-likeness (QED) is 0.758. The van der Waals surface area contributed by atoms with E-state index in [-0.39, 0.29) is 0 Å². The summed E-state index contributed by atoms with van der Waals surface area (Å²) >= 11 is 0. The van der Waals surface area contributed by atoms with E-state index in [1.54, 1.807) is 18.4 Å². The Balaban J connectivity index is 2.29. The molecule has 2 aromatic rings. The Labute approximate surface area is 76.4 Å². The highest BCUT2D eigenvalue weighted by atomic mass is 16.4. The standard InChI is InChI=1S/C11H10O2/c12-11(10-7-4-8-13-10)9-5-2-1-3-6-9/h1-8,11-12H/t11-/m1/s1. The van der Waals surface area contributed by atoms with E-state index >= 15 is 0 Å². The molecule has 1 N–H and O–H groups in total. The van der Waals surface area contributed by atoms with E-state index < -0.39 is 6.10 Å². The lowest BCUT2D eigenvalue weighted by molar-refractivity contribution is 0.189. The van der Waals surface area contributed by atoms with Crippen LogP contribution in [0.25, 0.3) is 0 Å². The van der Waals surface area contributed by atoms with Crippen molar-refractivity contribution in [2.24, 2.45) is 0 Å². The van der Waals surface area contributed by atoms with Crippen molar-refractivity contribution < 1.29 is 9.52 Å². The molecule has 0 aliphatic rings. The van der Waals surface area contributed by atoms with E-state index in [0.717, 1.165) is 5.56 Å². The predicted octanol–water partition coefficient (Wildman–Crippen LogP) is 2.36. The normalized spacial score (nSPS) is 12.7. The van der Waals surface area contributed by atoms with Crippen LogP contribution >= 0.6 is 0 Å². The minimum atomic E-state index is -0.656. The monoisotopic (exact) mass is 174 g/mol. The zero-order valence-corrected chi connectivity index (χ0v) is 7.05. The van der Waals surface area contributed by atoms with Crippen molar-refractivity contribution in [3.63, 3.8) is 0 Å². The Bertz CT molecular complexity index is 351. The molecule has 2 rings (SSSR count). The topological polar surface area (TPSA) is 33.4 Å². The SMILES string of the molecule is O[C@H](c1ccccc1)c1ccco1. The summed E-state index contributed by atoms with van der Waals surface area (Å²) in [5.41, 5.74) is 0.845. The van der Waals surface area contributed by atoms with Crippen molar-refractivity contribution in [1.82, 2.24) is 0 Å². The van der Waals surface area contributed by atoms with Gasteiger partial charge in [-0.3, -0.25) is 0 Å².